The molecule has 0 aliphatic heterocycles. The fraction of sp³-hybridized carbons (Fsp3) is 0.333. The van der Waals surface area contributed by atoms with Gasteiger partial charge in [-0.15, -0.1) is 0 Å². The maximum atomic E-state index is 2.93. The lowest BCUT2D eigenvalue weighted by Crippen LogP contribution is -2.01. The van der Waals surface area contributed by atoms with Crippen molar-refractivity contribution >= 4 is 6.08 Å². The molecule has 1 aromatic carbocycles. The summed E-state index contributed by atoms with van der Waals surface area (Å²) in [7, 11) is 1.93. The molecule has 0 saturated carbocycles. The first-order valence-corrected chi connectivity index (χ1v) is 4.77. The highest BCUT2D eigenvalue weighted by Crippen LogP contribution is 2.17. The summed E-state index contributed by atoms with van der Waals surface area (Å²) in [5.41, 5.74) is 2.84. The van der Waals surface area contributed by atoms with E-state index in [1.807, 2.05) is 7.05 Å². The van der Waals surface area contributed by atoms with Gasteiger partial charge in [-0.3, -0.25) is 0 Å². The lowest BCUT2D eigenvalue weighted by molar-refractivity contribution is 0.864. The van der Waals surface area contributed by atoms with Gasteiger partial charge in [-0.25, -0.2) is 0 Å². The summed E-state index contributed by atoms with van der Waals surface area (Å²) in [6.07, 6.45) is 5.50. The molecule has 2 rings (SSSR count). The second-order valence-electron chi connectivity index (χ2n) is 3.01. The van der Waals surface area contributed by atoms with Gasteiger partial charge in [0.05, 0.1) is 0 Å². The Labute approximate surface area is 80.5 Å². The molecule has 0 fully saturated rings. The molecule has 1 nitrogen and oxygen atoms in total. The van der Waals surface area contributed by atoms with Crippen LogP contribution in [0, 0.1) is 0 Å². The van der Waals surface area contributed by atoms with Crippen molar-refractivity contribution in [2.75, 3.05) is 13.6 Å². The van der Waals surface area contributed by atoms with Crippen LogP contribution < -0.4 is 5.32 Å². The largest absolute Gasteiger partial charge is 0.320 e. The van der Waals surface area contributed by atoms with Gasteiger partial charge in [-0.1, -0.05) is 43.3 Å². The van der Waals surface area contributed by atoms with Gasteiger partial charge < -0.3 is 5.32 Å². The Hall–Kier alpha value is -1.08. The van der Waals surface area contributed by atoms with Gasteiger partial charge in [0.2, 0.25) is 0 Å². The highest BCUT2D eigenvalue weighted by Gasteiger charge is 2.00. The summed E-state index contributed by atoms with van der Waals surface area (Å²) in [6.45, 7) is 3.14. The van der Waals surface area contributed by atoms with E-state index in [1.54, 1.807) is 0 Å². The Morgan fingerprint density at radius 1 is 1.31 bits per heavy atom. The minimum absolute atomic E-state index is 1.07. The molecule has 1 N–H and O–H groups in total. The minimum atomic E-state index is 1.07. The molecule has 0 aromatic heterocycles. The van der Waals surface area contributed by atoms with E-state index in [2.05, 4.69) is 48.7 Å². The number of benzene rings is 1. The van der Waals surface area contributed by atoms with Crippen LogP contribution in [0.25, 0.3) is 6.08 Å². The van der Waals surface area contributed by atoms with Gasteiger partial charge in [0.15, 0.2) is 0 Å². The first kappa shape index (κ1) is 10.0. The molecule has 1 aromatic rings. The fourth-order valence-electron chi connectivity index (χ4n) is 1.20. The average Bonchev–Trinajstić information content (AvgIpc) is 2.66. The molecule has 1 aliphatic rings. The predicted molar refractivity (Wildman–Crippen MR) is 58.8 cm³/mol. The highest BCUT2D eigenvalue weighted by molar-refractivity contribution is 5.59. The Balaban J connectivity index is 0.000000184. The summed E-state index contributed by atoms with van der Waals surface area (Å²) in [6, 6.07) is 8.49. The predicted octanol–water partition coefficient (Wildman–Crippen LogP) is 2.48. The highest BCUT2D eigenvalue weighted by atomic mass is 14.8. The van der Waals surface area contributed by atoms with Crippen molar-refractivity contribution in [2.24, 2.45) is 0 Å². The van der Waals surface area contributed by atoms with Crippen LogP contribution in [0.2, 0.25) is 0 Å². The number of hydrogen-bond acceptors (Lipinski definition) is 1. The van der Waals surface area contributed by atoms with E-state index in [0.29, 0.717) is 0 Å². The van der Waals surface area contributed by atoms with Crippen molar-refractivity contribution in [2.45, 2.75) is 13.3 Å². The molecule has 0 unspecified atom stereocenters. The Morgan fingerprint density at radius 2 is 2.00 bits per heavy atom. The lowest BCUT2D eigenvalue weighted by atomic mass is 10.1. The van der Waals surface area contributed by atoms with Crippen molar-refractivity contribution in [1.82, 2.24) is 5.32 Å². The topological polar surface area (TPSA) is 12.0 Å². The van der Waals surface area contributed by atoms with Crippen LogP contribution in [0.5, 0.6) is 0 Å². The Bertz CT molecular complexity index is 274. The number of nitrogens with one attached hydrogen (secondary N) is 1. The molecular formula is C12H17N. The molecular weight excluding hydrogens is 158 g/mol. The van der Waals surface area contributed by atoms with Crippen LogP contribution in [-0.4, -0.2) is 13.6 Å². The molecule has 1 heteroatoms. The zero-order valence-corrected chi connectivity index (χ0v) is 8.38. The zero-order chi connectivity index (χ0) is 9.52. The van der Waals surface area contributed by atoms with Crippen LogP contribution in [0.15, 0.2) is 30.3 Å². The van der Waals surface area contributed by atoms with Crippen LogP contribution in [-0.2, 0) is 6.42 Å². The molecule has 0 heterocycles. The first-order chi connectivity index (χ1) is 6.38. The van der Waals surface area contributed by atoms with Gasteiger partial charge >= 0.3 is 0 Å². The third kappa shape index (κ3) is 3.03. The molecule has 0 spiro atoms. The normalized spacial score (nSPS) is 11.8. The maximum absolute atomic E-state index is 2.93. The van der Waals surface area contributed by atoms with E-state index in [1.165, 1.54) is 11.1 Å². The third-order valence-electron chi connectivity index (χ3n) is 2.04. The first-order valence-electron chi connectivity index (χ1n) is 4.77. The smallest absolute Gasteiger partial charge is 0.00804 e. The number of allylic oxidation sites excluding steroid dienone is 1. The maximum Gasteiger partial charge on any atom is -0.00804 e. The molecule has 0 bridgehead atoms. The monoisotopic (exact) mass is 175 g/mol. The molecule has 0 atom stereocenters. The zero-order valence-electron chi connectivity index (χ0n) is 8.38. The molecule has 70 valence electrons. The van der Waals surface area contributed by atoms with Crippen molar-refractivity contribution < 1.29 is 0 Å². The number of fused-ring (bicyclic) bond motifs is 1. The van der Waals surface area contributed by atoms with Crippen molar-refractivity contribution in [3.8, 4) is 0 Å². The molecule has 0 radical (unpaired) electrons. The van der Waals surface area contributed by atoms with E-state index in [4.69, 9.17) is 0 Å². The average molecular weight is 175 g/mol. The number of hydrogen-bond donors (Lipinski definition) is 1. The fourth-order valence-corrected chi connectivity index (χ4v) is 1.20. The summed E-state index contributed by atoms with van der Waals surface area (Å²) in [5, 5.41) is 2.93. The van der Waals surface area contributed by atoms with Gasteiger partial charge in [0.1, 0.15) is 0 Å². The quantitative estimate of drug-likeness (QED) is 0.691. The van der Waals surface area contributed by atoms with Crippen LogP contribution >= 0.6 is 0 Å². The van der Waals surface area contributed by atoms with E-state index in [9.17, 15) is 0 Å². The standard InChI is InChI=1S/C9H8.C3H9N/c1-2-5-9-7-3-6-8(9)4-1;1-3-4-2/h1-6H,7H2;4H,3H2,1-2H3. The second kappa shape index (κ2) is 5.55. The summed E-state index contributed by atoms with van der Waals surface area (Å²) >= 11 is 0. The molecule has 0 amide bonds. The van der Waals surface area contributed by atoms with Crippen molar-refractivity contribution in [3.05, 3.63) is 41.5 Å². The number of rotatable bonds is 1. The Morgan fingerprint density at radius 3 is 2.62 bits per heavy atom. The van der Waals surface area contributed by atoms with Gasteiger partial charge in [-0.05, 0) is 31.1 Å². The molecule has 0 saturated heterocycles. The lowest BCUT2D eigenvalue weighted by Gasteiger charge is -1.93. The van der Waals surface area contributed by atoms with Crippen LogP contribution in [0.1, 0.15) is 18.1 Å². The van der Waals surface area contributed by atoms with Crippen LogP contribution in [0.4, 0.5) is 0 Å². The van der Waals surface area contributed by atoms with Crippen molar-refractivity contribution in [1.29, 1.82) is 0 Å². The van der Waals surface area contributed by atoms with E-state index < -0.39 is 0 Å². The van der Waals surface area contributed by atoms with E-state index in [0.717, 1.165) is 13.0 Å². The molecule has 13 heavy (non-hydrogen) atoms. The molecule has 1 aliphatic carbocycles. The van der Waals surface area contributed by atoms with E-state index in [-0.39, 0.29) is 0 Å². The SMILES string of the molecule is C1=Cc2ccccc2C1.CCNC. The Kier molecular flexibility index (Phi) is 4.27. The van der Waals surface area contributed by atoms with Gasteiger partial charge in [-0.2, -0.15) is 0 Å². The second-order valence-corrected chi connectivity index (χ2v) is 3.01. The van der Waals surface area contributed by atoms with Crippen molar-refractivity contribution in [3.63, 3.8) is 0 Å². The summed E-state index contributed by atoms with van der Waals surface area (Å²) < 4.78 is 0. The summed E-state index contributed by atoms with van der Waals surface area (Å²) in [5.74, 6) is 0. The van der Waals surface area contributed by atoms with Crippen LogP contribution in [0.3, 0.4) is 0 Å². The van der Waals surface area contributed by atoms with E-state index >= 15 is 0 Å². The minimum Gasteiger partial charge on any atom is -0.320 e. The van der Waals surface area contributed by atoms with Gasteiger partial charge in [0.25, 0.3) is 0 Å². The third-order valence-corrected chi connectivity index (χ3v) is 2.04. The van der Waals surface area contributed by atoms with Gasteiger partial charge in [0, 0.05) is 0 Å². The summed E-state index contributed by atoms with van der Waals surface area (Å²) in [4.78, 5) is 0.